The molecule has 0 aromatic carbocycles. The highest BCUT2D eigenvalue weighted by Crippen LogP contribution is 2.61. The van der Waals surface area contributed by atoms with Gasteiger partial charge >= 0.3 is 11.9 Å². The van der Waals surface area contributed by atoms with E-state index in [1.54, 1.807) is 0 Å². The Hall–Kier alpha value is -1.12. The second kappa shape index (κ2) is 2.96. The average molecular weight is 220 g/mol. The van der Waals surface area contributed by atoms with E-state index in [4.69, 9.17) is 4.74 Å². The van der Waals surface area contributed by atoms with Gasteiger partial charge < -0.3 is 4.74 Å². The van der Waals surface area contributed by atoms with E-state index in [1.165, 1.54) is 0 Å². The van der Waals surface area contributed by atoms with Crippen molar-refractivity contribution in [3.05, 3.63) is 12.2 Å². The van der Waals surface area contributed by atoms with Crippen molar-refractivity contribution in [2.24, 2.45) is 29.1 Å². The van der Waals surface area contributed by atoms with Crippen LogP contribution in [-0.2, 0) is 14.3 Å². The van der Waals surface area contributed by atoms with Gasteiger partial charge in [-0.25, -0.2) is 0 Å². The second-order valence-electron chi connectivity index (χ2n) is 5.80. The maximum atomic E-state index is 11.8. The van der Waals surface area contributed by atoms with Crippen LogP contribution in [0.2, 0.25) is 0 Å². The molecule has 1 saturated carbocycles. The minimum atomic E-state index is -0.296. The standard InChI is InChI=1S/C13H16O3/c1-7(2)5-13-4-3-8(6-13)9-10(13)12(15)16-11(9)14/h3-4,7-10H,5-6H2,1-2H3. The number of rotatable bonds is 2. The van der Waals surface area contributed by atoms with Crippen LogP contribution in [-0.4, -0.2) is 11.9 Å². The summed E-state index contributed by atoms with van der Waals surface area (Å²) in [5.74, 6) is -0.195. The van der Waals surface area contributed by atoms with Gasteiger partial charge in [-0.05, 0) is 24.7 Å². The van der Waals surface area contributed by atoms with Crippen molar-refractivity contribution >= 4 is 11.9 Å². The Balaban J connectivity index is 2.00. The molecular weight excluding hydrogens is 204 g/mol. The van der Waals surface area contributed by atoms with E-state index in [9.17, 15) is 9.59 Å². The van der Waals surface area contributed by atoms with Crippen LogP contribution in [0.1, 0.15) is 26.7 Å². The number of ether oxygens (including phenoxy) is 1. The summed E-state index contributed by atoms with van der Waals surface area (Å²) in [5, 5.41) is 0. The Morgan fingerprint density at radius 2 is 2.19 bits per heavy atom. The SMILES string of the molecule is CC(C)CC12C=CC(C1)C1C(=O)OC(=O)C12. The highest BCUT2D eigenvalue weighted by molar-refractivity contribution is 5.98. The molecule has 16 heavy (non-hydrogen) atoms. The van der Waals surface area contributed by atoms with Crippen molar-refractivity contribution in [2.75, 3.05) is 0 Å². The number of carbonyl (C=O) groups is 2. The summed E-state index contributed by atoms with van der Waals surface area (Å²) < 4.78 is 4.80. The number of carbonyl (C=O) groups excluding carboxylic acids is 2. The molecule has 4 atom stereocenters. The molecule has 0 amide bonds. The lowest BCUT2D eigenvalue weighted by atomic mass is 9.70. The lowest BCUT2D eigenvalue weighted by molar-refractivity contribution is -0.155. The predicted octanol–water partition coefficient (Wildman–Crippen LogP) is 1.92. The zero-order chi connectivity index (χ0) is 11.5. The van der Waals surface area contributed by atoms with Gasteiger partial charge in [-0.15, -0.1) is 0 Å². The molecule has 86 valence electrons. The van der Waals surface area contributed by atoms with Crippen molar-refractivity contribution in [3.8, 4) is 0 Å². The molecule has 4 unspecified atom stereocenters. The summed E-state index contributed by atoms with van der Waals surface area (Å²) in [6.07, 6.45) is 6.22. The molecule has 1 aliphatic heterocycles. The van der Waals surface area contributed by atoms with E-state index in [1.807, 2.05) is 0 Å². The van der Waals surface area contributed by atoms with Crippen LogP contribution >= 0.6 is 0 Å². The van der Waals surface area contributed by atoms with Gasteiger partial charge in [0.1, 0.15) is 0 Å². The van der Waals surface area contributed by atoms with Crippen LogP contribution in [0.3, 0.4) is 0 Å². The van der Waals surface area contributed by atoms with Crippen molar-refractivity contribution in [2.45, 2.75) is 26.7 Å². The van der Waals surface area contributed by atoms with Crippen LogP contribution in [0, 0.1) is 29.1 Å². The van der Waals surface area contributed by atoms with Crippen molar-refractivity contribution in [1.82, 2.24) is 0 Å². The molecule has 2 fully saturated rings. The molecule has 2 bridgehead atoms. The lowest BCUT2D eigenvalue weighted by Crippen LogP contribution is -2.32. The summed E-state index contributed by atoms with van der Waals surface area (Å²) in [6.45, 7) is 4.32. The largest absolute Gasteiger partial charge is 0.393 e. The van der Waals surface area contributed by atoms with Gasteiger partial charge in [0, 0.05) is 5.41 Å². The van der Waals surface area contributed by atoms with Crippen molar-refractivity contribution in [1.29, 1.82) is 0 Å². The Morgan fingerprint density at radius 3 is 2.88 bits per heavy atom. The molecule has 1 heterocycles. The molecule has 1 saturated heterocycles. The monoisotopic (exact) mass is 220 g/mol. The third-order valence-corrected chi connectivity index (χ3v) is 4.25. The fraction of sp³-hybridized carbons (Fsp3) is 0.692. The Bertz CT molecular complexity index is 396. The first-order valence-electron chi connectivity index (χ1n) is 5.98. The summed E-state index contributed by atoms with van der Waals surface area (Å²) in [7, 11) is 0. The zero-order valence-corrected chi connectivity index (χ0v) is 9.60. The van der Waals surface area contributed by atoms with Crippen LogP contribution in [0.5, 0.6) is 0 Å². The molecule has 2 aliphatic carbocycles. The van der Waals surface area contributed by atoms with E-state index >= 15 is 0 Å². The number of esters is 2. The minimum Gasteiger partial charge on any atom is -0.393 e. The van der Waals surface area contributed by atoms with Crippen molar-refractivity contribution < 1.29 is 14.3 Å². The summed E-state index contributed by atoms with van der Waals surface area (Å²) in [6, 6.07) is 0. The van der Waals surface area contributed by atoms with Crippen molar-refractivity contribution in [3.63, 3.8) is 0 Å². The maximum Gasteiger partial charge on any atom is 0.318 e. The highest BCUT2D eigenvalue weighted by atomic mass is 16.6. The number of hydrogen-bond acceptors (Lipinski definition) is 3. The smallest absolute Gasteiger partial charge is 0.318 e. The van der Waals surface area contributed by atoms with E-state index in [2.05, 4.69) is 26.0 Å². The molecule has 0 aromatic rings. The van der Waals surface area contributed by atoms with Gasteiger partial charge in [0.25, 0.3) is 0 Å². The minimum absolute atomic E-state index is 0.0905. The molecule has 0 aromatic heterocycles. The van der Waals surface area contributed by atoms with Crippen LogP contribution < -0.4 is 0 Å². The Kier molecular flexibility index (Phi) is 1.86. The Morgan fingerprint density at radius 1 is 1.44 bits per heavy atom. The first-order chi connectivity index (χ1) is 7.53. The maximum absolute atomic E-state index is 11.8. The summed E-state index contributed by atoms with van der Waals surface area (Å²) in [4.78, 5) is 23.4. The number of hydrogen-bond donors (Lipinski definition) is 0. The highest BCUT2D eigenvalue weighted by Gasteiger charge is 2.64. The van der Waals surface area contributed by atoms with Gasteiger partial charge in [0.05, 0.1) is 11.8 Å². The van der Waals surface area contributed by atoms with Gasteiger partial charge in [0.2, 0.25) is 0 Å². The topological polar surface area (TPSA) is 43.4 Å². The fourth-order valence-electron chi connectivity index (χ4n) is 3.93. The molecule has 0 N–H and O–H groups in total. The van der Waals surface area contributed by atoms with Gasteiger partial charge in [-0.3, -0.25) is 9.59 Å². The quantitative estimate of drug-likeness (QED) is 0.405. The van der Waals surface area contributed by atoms with Gasteiger partial charge in [0.15, 0.2) is 0 Å². The first kappa shape index (κ1) is 10.1. The number of cyclic esters (lactones) is 2. The van der Waals surface area contributed by atoms with Gasteiger partial charge in [-0.2, -0.15) is 0 Å². The van der Waals surface area contributed by atoms with Crippen LogP contribution in [0.25, 0.3) is 0 Å². The normalized spacial score (nSPS) is 44.3. The van der Waals surface area contributed by atoms with E-state index < -0.39 is 0 Å². The number of allylic oxidation sites excluding steroid dienone is 2. The number of fused-ring (bicyclic) bond motifs is 5. The van der Waals surface area contributed by atoms with Gasteiger partial charge in [-0.1, -0.05) is 26.0 Å². The van der Waals surface area contributed by atoms with E-state index in [0.29, 0.717) is 5.92 Å². The zero-order valence-electron chi connectivity index (χ0n) is 9.60. The molecule has 3 aliphatic rings. The third-order valence-electron chi connectivity index (χ3n) is 4.25. The molecule has 0 radical (unpaired) electrons. The first-order valence-corrected chi connectivity index (χ1v) is 5.98. The molecule has 3 rings (SSSR count). The average Bonchev–Trinajstić information content (AvgIpc) is 2.77. The molecule has 0 spiro atoms. The predicted molar refractivity (Wildman–Crippen MR) is 57.2 cm³/mol. The fourth-order valence-corrected chi connectivity index (χ4v) is 3.93. The Labute approximate surface area is 94.8 Å². The molecular formula is C13H16O3. The lowest BCUT2D eigenvalue weighted by Gasteiger charge is -2.30. The van der Waals surface area contributed by atoms with E-state index in [0.717, 1.165) is 12.8 Å². The third kappa shape index (κ3) is 1.09. The summed E-state index contributed by atoms with van der Waals surface area (Å²) in [5.41, 5.74) is -0.0905. The van der Waals surface area contributed by atoms with Crippen LogP contribution in [0.15, 0.2) is 12.2 Å². The molecule has 3 heteroatoms. The molecule has 3 nitrogen and oxygen atoms in total. The van der Waals surface area contributed by atoms with Crippen LogP contribution in [0.4, 0.5) is 0 Å². The second-order valence-corrected chi connectivity index (χ2v) is 5.80. The summed E-state index contributed by atoms with van der Waals surface area (Å²) >= 11 is 0. The van der Waals surface area contributed by atoms with E-state index in [-0.39, 0.29) is 35.1 Å².